The van der Waals surface area contributed by atoms with Gasteiger partial charge in [-0.3, -0.25) is 0 Å². The van der Waals surface area contributed by atoms with Gasteiger partial charge >= 0.3 is 0 Å². The predicted molar refractivity (Wildman–Crippen MR) is 237 cm³/mol. The van der Waals surface area contributed by atoms with Crippen molar-refractivity contribution in [2.45, 2.75) is 0 Å². The number of nitrogens with zero attached hydrogens (tertiary/aromatic N) is 1. The molecule has 11 rings (SSSR count). The Hall–Kier alpha value is -7.42. The van der Waals surface area contributed by atoms with E-state index in [1.165, 1.54) is 43.4 Å². The molecular formula is C54H35NO. The van der Waals surface area contributed by atoms with Crippen LogP contribution in [0.4, 0.5) is 17.1 Å². The summed E-state index contributed by atoms with van der Waals surface area (Å²) in [4.78, 5) is 2.45. The van der Waals surface area contributed by atoms with E-state index in [0.29, 0.717) is 0 Å². The summed E-state index contributed by atoms with van der Waals surface area (Å²) in [5.41, 5.74) is 12.0. The van der Waals surface area contributed by atoms with E-state index in [0.717, 1.165) is 61.3 Å². The van der Waals surface area contributed by atoms with Crippen LogP contribution in [0.2, 0.25) is 0 Å². The first-order chi connectivity index (χ1) is 27.8. The molecule has 262 valence electrons. The summed E-state index contributed by atoms with van der Waals surface area (Å²) in [6.07, 6.45) is 0. The van der Waals surface area contributed by atoms with Crippen molar-refractivity contribution in [3.63, 3.8) is 0 Å². The van der Waals surface area contributed by atoms with Crippen LogP contribution >= 0.6 is 0 Å². The highest BCUT2D eigenvalue weighted by Gasteiger charge is 2.23. The van der Waals surface area contributed by atoms with Crippen molar-refractivity contribution in [3.05, 3.63) is 212 Å². The highest BCUT2D eigenvalue weighted by molar-refractivity contribution is 6.17. The molecule has 11 aromatic rings. The number of para-hydroxylation sites is 2. The Morgan fingerprint density at radius 1 is 0.304 bits per heavy atom. The third-order valence-corrected chi connectivity index (χ3v) is 11.2. The summed E-state index contributed by atoms with van der Waals surface area (Å²) >= 11 is 0. The van der Waals surface area contributed by atoms with Crippen LogP contribution in [-0.4, -0.2) is 0 Å². The van der Waals surface area contributed by atoms with Gasteiger partial charge in [0.25, 0.3) is 0 Å². The first-order valence-electron chi connectivity index (χ1n) is 19.2. The van der Waals surface area contributed by atoms with Crippen molar-refractivity contribution >= 4 is 71.3 Å². The second-order valence-electron chi connectivity index (χ2n) is 14.5. The summed E-state index contributed by atoms with van der Waals surface area (Å²) in [6, 6.07) is 76.6. The topological polar surface area (TPSA) is 16.4 Å². The van der Waals surface area contributed by atoms with Crippen LogP contribution in [0.15, 0.2) is 217 Å². The standard InChI is InChI=1S/C54H35NO/c1-2-13-36(14-3-1)37-25-27-39(28-26-37)46-19-8-10-22-50(46)55(43-31-32-45-42(33-43)30-29-38-15-6-7-18-44(38)45)51-23-11-9-20-47(51)48-21-12-24-52-54(48)49-34-40-16-4-5-17-41(40)35-53(49)56-52/h1-35H. The Bertz CT molecular complexity index is 3250. The Kier molecular flexibility index (Phi) is 7.53. The highest BCUT2D eigenvalue weighted by Crippen LogP contribution is 2.48. The van der Waals surface area contributed by atoms with E-state index in [1.54, 1.807) is 0 Å². The lowest BCUT2D eigenvalue weighted by atomic mass is 9.94. The molecule has 0 N–H and O–H groups in total. The first kappa shape index (κ1) is 32.0. The molecule has 0 saturated heterocycles. The maximum atomic E-state index is 6.58. The molecule has 0 amide bonds. The van der Waals surface area contributed by atoms with Crippen LogP contribution in [0.25, 0.3) is 87.6 Å². The lowest BCUT2D eigenvalue weighted by Gasteiger charge is -2.30. The number of anilines is 3. The van der Waals surface area contributed by atoms with Crippen molar-refractivity contribution in [1.82, 2.24) is 0 Å². The maximum absolute atomic E-state index is 6.58. The monoisotopic (exact) mass is 713 g/mol. The van der Waals surface area contributed by atoms with Crippen LogP contribution < -0.4 is 4.90 Å². The normalized spacial score (nSPS) is 11.6. The summed E-state index contributed by atoms with van der Waals surface area (Å²) in [5, 5.41) is 9.55. The Balaban J connectivity index is 1.15. The van der Waals surface area contributed by atoms with Crippen LogP contribution in [0.3, 0.4) is 0 Å². The van der Waals surface area contributed by atoms with Gasteiger partial charge < -0.3 is 9.32 Å². The fraction of sp³-hybridized carbons (Fsp3) is 0. The third kappa shape index (κ3) is 5.34. The van der Waals surface area contributed by atoms with Gasteiger partial charge in [-0.2, -0.15) is 0 Å². The Morgan fingerprint density at radius 2 is 0.893 bits per heavy atom. The van der Waals surface area contributed by atoms with Gasteiger partial charge in [0.2, 0.25) is 0 Å². The number of hydrogen-bond donors (Lipinski definition) is 0. The molecular weight excluding hydrogens is 679 g/mol. The largest absolute Gasteiger partial charge is 0.456 e. The molecule has 56 heavy (non-hydrogen) atoms. The number of benzene rings is 10. The molecule has 0 radical (unpaired) electrons. The highest BCUT2D eigenvalue weighted by atomic mass is 16.3. The fourth-order valence-electron chi connectivity index (χ4n) is 8.57. The molecule has 0 aliphatic heterocycles. The van der Waals surface area contributed by atoms with Crippen molar-refractivity contribution in [2.75, 3.05) is 4.90 Å². The van der Waals surface area contributed by atoms with Gasteiger partial charge in [-0.05, 0) is 97.0 Å². The van der Waals surface area contributed by atoms with E-state index in [4.69, 9.17) is 4.42 Å². The zero-order valence-electron chi connectivity index (χ0n) is 30.6. The van der Waals surface area contributed by atoms with Crippen LogP contribution in [0, 0.1) is 0 Å². The molecule has 2 heteroatoms. The van der Waals surface area contributed by atoms with Crippen molar-refractivity contribution in [3.8, 4) is 33.4 Å². The number of fused-ring (bicyclic) bond motifs is 7. The first-order valence-corrected chi connectivity index (χ1v) is 19.2. The summed E-state index contributed by atoms with van der Waals surface area (Å²) in [6.45, 7) is 0. The average molecular weight is 714 g/mol. The van der Waals surface area contributed by atoms with Gasteiger partial charge in [-0.25, -0.2) is 0 Å². The minimum atomic E-state index is 0.880. The zero-order chi connectivity index (χ0) is 37.0. The lowest BCUT2D eigenvalue weighted by molar-refractivity contribution is 0.669. The van der Waals surface area contributed by atoms with Gasteiger partial charge in [0.05, 0.1) is 11.4 Å². The molecule has 0 saturated carbocycles. The second kappa shape index (κ2) is 13.2. The minimum absolute atomic E-state index is 0.880. The Labute approximate surface area is 325 Å². The third-order valence-electron chi connectivity index (χ3n) is 11.2. The molecule has 0 unspecified atom stereocenters. The second-order valence-corrected chi connectivity index (χ2v) is 14.5. The predicted octanol–water partition coefficient (Wildman–Crippen LogP) is 15.5. The van der Waals surface area contributed by atoms with Crippen LogP contribution in [0.5, 0.6) is 0 Å². The minimum Gasteiger partial charge on any atom is -0.456 e. The van der Waals surface area contributed by atoms with Gasteiger partial charge in [0.15, 0.2) is 0 Å². The SMILES string of the molecule is c1ccc(-c2ccc(-c3ccccc3N(c3ccc4c(ccc5ccccc54)c3)c3ccccc3-c3cccc4oc5cc6ccccc6cc5c34)cc2)cc1. The van der Waals surface area contributed by atoms with E-state index < -0.39 is 0 Å². The molecule has 0 bridgehead atoms. The number of furan rings is 1. The maximum Gasteiger partial charge on any atom is 0.136 e. The molecule has 0 spiro atoms. The van der Waals surface area contributed by atoms with E-state index in [-0.39, 0.29) is 0 Å². The zero-order valence-corrected chi connectivity index (χ0v) is 30.6. The smallest absolute Gasteiger partial charge is 0.136 e. The Morgan fingerprint density at radius 3 is 1.71 bits per heavy atom. The summed E-state index contributed by atoms with van der Waals surface area (Å²) < 4.78 is 6.58. The summed E-state index contributed by atoms with van der Waals surface area (Å²) in [5.74, 6) is 0. The van der Waals surface area contributed by atoms with Crippen molar-refractivity contribution in [1.29, 1.82) is 0 Å². The van der Waals surface area contributed by atoms with E-state index in [1.807, 2.05) is 0 Å². The van der Waals surface area contributed by atoms with Crippen LogP contribution in [0.1, 0.15) is 0 Å². The number of hydrogen-bond acceptors (Lipinski definition) is 2. The molecule has 0 aliphatic carbocycles. The molecule has 0 fully saturated rings. The molecule has 1 heterocycles. The van der Waals surface area contributed by atoms with Gasteiger partial charge in [-0.1, -0.05) is 170 Å². The lowest BCUT2D eigenvalue weighted by Crippen LogP contribution is -2.12. The molecule has 2 nitrogen and oxygen atoms in total. The van der Waals surface area contributed by atoms with Gasteiger partial charge in [0.1, 0.15) is 11.2 Å². The molecule has 1 aromatic heterocycles. The fourth-order valence-corrected chi connectivity index (χ4v) is 8.57. The summed E-state index contributed by atoms with van der Waals surface area (Å²) in [7, 11) is 0. The van der Waals surface area contributed by atoms with Crippen LogP contribution in [-0.2, 0) is 0 Å². The molecule has 0 atom stereocenters. The number of rotatable bonds is 6. The van der Waals surface area contributed by atoms with Crippen molar-refractivity contribution in [2.24, 2.45) is 0 Å². The van der Waals surface area contributed by atoms with Crippen molar-refractivity contribution < 1.29 is 4.42 Å². The molecule has 0 aliphatic rings. The van der Waals surface area contributed by atoms with E-state index in [2.05, 4.69) is 217 Å². The van der Waals surface area contributed by atoms with E-state index >= 15 is 0 Å². The average Bonchev–Trinajstić information content (AvgIpc) is 3.64. The van der Waals surface area contributed by atoms with Gasteiger partial charge in [-0.15, -0.1) is 0 Å². The quantitative estimate of drug-likeness (QED) is 0.160. The van der Waals surface area contributed by atoms with E-state index in [9.17, 15) is 0 Å². The van der Waals surface area contributed by atoms with Gasteiger partial charge in [0, 0.05) is 27.6 Å². The molecule has 10 aromatic carbocycles.